The fourth-order valence-electron chi connectivity index (χ4n) is 1.51. The summed E-state index contributed by atoms with van der Waals surface area (Å²) in [6.45, 7) is 1.65. The molecule has 4 nitrogen and oxygen atoms in total. The molecule has 2 N–H and O–H groups in total. The third kappa shape index (κ3) is 2.97. The molecule has 0 fully saturated rings. The minimum Gasteiger partial charge on any atom is -0.497 e. The number of hydrogen-bond acceptors (Lipinski definition) is 4. The van der Waals surface area contributed by atoms with E-state index in [1.807, 2.05) is 24.3 Å². The molecule has 0 aliphatic rings. The fourth-order valence-corrected chi connectivity index (χ4v) is 1.51. The first-order chi connectivity index (χ1) is 7.49. The third-order valence-electron chi connectivity index (χ3n) is 2.36. The molecule has 0 amide bonds. The maximum Gasteiger partial charge on any atom is 0.325 e. The second-order valence-electron chi connectivity index (χ2n) is 3.94. The van der Waals surface area contributed by atoms with Crippen LogP contribution in [0.2, 0.25) is 0 Å². The van der Waals surface area contributed by atoms with E-state index in [1.165, 1.54) is 7.11 Å². The topological polar surface area (TPSA) is 61.5 Å². The van der Waals surface area contributed by atoms with Gasteiger partial charge in [0.2, 0.25) is 0 Å². The van der Waals surface area contributed by atoms with Gasteiger partial charge in [-0.05, 0) is 24.6 Å². The number of nitrogens with two attached hydrogens (primary N) is 1. The van der Waals surface area contributed by atoms with Crippen molar-refractivity contribution in [1.82, 2.24) is 0 Å². The van der Waals surface area contributed by atoms with Gasteiger partial charge in [-0.1, -0.05) is 12.1 Å². The maximum atomic E-state index is 11.4. The smallest absolute Gasteiger partial charge is 0.325 e. The largest absolute Gasteiger partial charge is 0.497 e. The summed E-state index contributed by atoms with van der Waals surface area (Å²) in [5, 5.41) is 0. The van der Waals surface area contributed by atoms with E-state index in [1.54, 1.807) is 14.0 Å². The van der Waals surface area contributed by atoms with Gasteiger partial charge in [0, 0.05) is 6.42 Å². The van der Waals surface area contributed by atoms with Gasteiger partial charge in [-0.3, -0.25) is 4.79 Å². The lowest BCUT2D eigenvalue weighted by Crippen LogP contribution is -2.47. The summed E-state index contributed by atoms with van der Waals surface area (Å²) < 4.78 is 9.75. The lowest BCUT2D eigenvalue weighted by molar-refractivity contribution is -0.146. The molecule has 1 unspecified atom stereocenters. The highest BCUT2D eigenvalue weighted by atomic mass is 16.5. The SMILES string of the molecule is COC(=O)C(C)(N)Cc1cccc(OC)c1. The monoisotopic (exact) mass is 223 g/mol. The Balaban J connectivity index is 2.83. The summed E-state index contributed by atoms with van der Waals surface area (Å²) in [6, 6.07) is 7.46. The molecule has 0 saturated heterocycles. The van der Waals surface area contributed by atoms with Crippen LogP contribution in [0.4, 0.5) is 0 Å². The second-order valence-corrected chi connectivity index (χ2v) is 3.94. The van der Waals surface area contributed by atoms with E-state index in [0.717, 1.165) is 11.3 Å². The number of methoxy groups -OCH3 is 2. The number of benzene rings is 1. The van der Waals surface area contributed by atoms with Crippen molar-refractivity contribution in [1.29, 1.82) is 0 Å². The highest BCUT2D eigenvalue weighted by Gasteiger charge is 2.29. The highest BCUT2D eigenvalue weighted by Crippen LogP contribution is 2.17. The Labute approximate surface area is 95.3 Å². The molecule has 1 atom stereocenters. The normalized spacial score (nSPS) is 14.0. The molecule has 88 valence electrons. The van der Waals surface area contributed by atoms with Gasteiger partial charge in [0.15, 0.2) is 0 Å². The Hall–Kier alpha value is -1.55. The first-order valence-corrected chi connectivity index (χ1v) is 5.00. The van der Waals surface area contributed by atoms with Crippen molar-refractivity contribution in [3.63, 3.8) is 0 Å². The molecule has 0 aliphatic heterocycles. The summed E-state index contributed by atoms with van der Waals surface area (Å²) in [4.78, 5) is 11.4. The van der Waals surface area contributed by atoms with E-state index in [-0.39, 0.29) is 0 Å². The number of carbonyl (C=O) groups is 1. The van der Waals surface area contributed by atoms with Crippen LogP contribution >= 0.6 is 0 Å². The lowest BCUT2D eigenvalue weighted by Gasteiger charge is -2.21. The van der Waals surface area contributed by atoms with Crippen molar-refractivity contribution in [3.05, 3.63) is 29.8 Å². The Morgan fingerprint density at radius 1 is 1.44 bits per heavy atom. The Morgan fingerprint density at radius 3 is 2.69 bits per heavy atom. The molecule has 1 rings (SSSR count). The zero-order chi connectivity index (χ0) is 12.2. The van der Waals surface area contributed by atoms with Gasteiger partial charge in [-0.2, -0.15) is 0 Å². The number of esters is 1. The predicted molar refractivity (Wildman–Crippen MR) is 61.3 cm³/mol. The summed E-state index contributed by atoms with van der Waals surface area (Å²) in [7, 11) is 2.93. The second kappa shape index (κ2) is 4.99. The van der Waals surface area contributed by atoms with E-state index in [9.17, 15) is 4.79 Å². The average molecular weight is 223 g/mol. The Bertz CT molecular complexity index is 374. The van der Waals surface area contributed by atoms with E-state index in [4.69, 9.17) is 10.5 Å². The van der Waals surface area contributed by atoms with E-state index in [2.05, 4.69) is 4.74 Å². The van der Waals surface area contributed by atoms with Crippen LogP contribution in [0.5, 0.6) is 5.75 Å². The van der Waals surface area contributed by atoms with Gasteiger partial charge in [-0.25, -0.2) is 0 Å². The predicted octanol–water partition coefficient (Wildman–Crippen LogP) is 1.13. The first-order valence-electron chi connectivity index (χ1n) is 5.00. The molecule has 4 heteroatoms. The van der Waals surface area contributed by atoms with Crippen molar-refractivity contribution in [3.8, 4) is 5.75 Å². The van der Waals surface area contributed by atoms with Gasteiger partial charge < -0.3 is 15.2 Å². The molecule has 0 aromatic heterocycles. The quantitative estimate of drug-likeness (QED) is 0.777. The molecule has 0 aliphatic carbocycles. The van der Waals surface area contributed by atoms with Crippen molar-refractivity contribution in [2.24, 2.45) is 5.73 Å². The zero-order valence-electron chi connectivity index (χ0n) is 9.82. The summed E-state index contributed by atoms with van der Waals surface area (Å²) >= 11 is 0. The number of rotatable bonds is 4. The van der Waals surface area contributed by atoms with Gasteiger partial charge in [0.1, 0.15) is 11.3 Å². The van der Waals surface area contributed by atoms with Crippen LogP contribution < -0.4 is 10.5 Å². The standard InChI is InChI=1S/C12H17NO3/c1-12(13,11(14)16-3)8-9-5-4-6-10(7-9)15-2/h4-7H,8,13H2,1-3H3. The van der Waals surface area contributed by atoms with Crippen LogP contribution in [0, 0.1) is 0 Å². The number of carbonyl (C=O) groups excluding carboxylic acids is 1. The molecule has 0 saturated carbocycles. The molecule has 0 spiro atoms. The minimum atomic E-state index is -1.01. The van der Waals surface area contributed by atoms with Crippen LogP contribution in [0.25, 0.3) is 0 Å². The average Bonchev–Trinajstić information content (AvgIpc) is 2.27. The number of ether oxygens (including phenoxy) is 2. The van der Waals surface area contributed by atoms with Crippen LogP contribution in [0.15, 0.2) is 24.3 Å². The van der Waals surface area contributed by atoms with Crippen LogP contribution in [-0.4, -0.2) is 25.7 Å². The summed E-state index contributed by atoms with van der Waals surface area (Å²) in [6.07, 6.45) is 0.414. The van der Waals surface area contributed by atoms with Crippen LogP contribution in [-0.2, 0) is 16.0 Å². The van der Waals surface area contributed by atoms with Crippen molar-refractivity contribution < 1.29 is 14.3 Å². The van der Waals surface area contributed by atoms with E-state index >= 15 is 0 Å². The van der Waals surface area contributed by atoms with Gasteiger partial charge in [0.05, 0.1) is 14.2 Å². The molecular weight excluding hydrogens is 206 g/mol. The molecule has 1 aromatic carbocycles. The van der Waals surface area contributed by atoms with Crippen molar-refractivity contribution >= 4 is 5.97 Å². The summed E-state index contributed by atoms with van der Waals surface area (Å²) in [5.41, 5.74) is 5.81. The molecule has 0 heterocycles. The Kier molecular flexibility index (Phi) is 3.90. The maximum absolute atomic E-state index is 11.4. The molecule has 0 radical (unpaired) electrons. The molecule has 1 aromatic rings. The third-order valence-corrected chi connectivity index (χ3v) is 2.36. The first kappa shape index (κ1) is 12.5. The van der Waals surface area contributed by atoms with Gasteiger partial charge >= 0.3 is 5.97 Å². The van der Waals surface area contributed by atoms with Crippen molar-refractivity contribution in [2.75, 3.05) is 14.2 Å². The summed E-state index contributed by atoms with van der Waals surface area (Å²) in [5.74, 6) is 0.327. The zero-order valence-corrected chi connectivity index (χ0v) is 9.82. The van der Waals surface area contributed by atoms with E-state index < -0.39 is 11.5 Å². The van der Waals surface area contributed by atoms with Crippen LogP contribution in [0.3, 0.4) is 0 Å². The van der Waals surface area contributed by atoms with Gasteiger partial charge in [-0.15, -0.1) is 0 Å². The Morgan fingerprint density at radius 2 is 2.12 bits per heavy atom. The lowest BCUT2D eigenvalue weighted by atomic mass is 9.94. The fraction of sp³-hybridized carbons (Fsp3) is 0.417. The molecule has 0 bridgehead atoms. The number of hydrogen-bond donors (Lipinski definition) is 1. The molecule has 16 heavy (non-hydrogen) atoms. The molecular formula is C12H17NO3. The minimum absolute atomic E-state index is 0.414. The van der Waals surface area contributed by atoms with Gasteiger partial charge in [0.25, 0.3) is 0 Å². The van der Waals surface area contributed by atoms with Crippen molar-refractivity contribution in [2.45, 2.75) is 18.9 Å². The van der Waals surface area contributed by atoms with Crippen LogP contribution in [0.1, 0.15) is 12.5 Å². The highest BCUT2D eigenvalue weighted by molar-refractivity contribution is 5.80. The van der Waals surface area contributed by atoms with E-state index in [0.29, 0.717) is 6.42 Å².